The second-order valence-corrected chi connectivity index (χ2v) is 5.50. The van der Waals surface area contributed by atoms with Gasteiger partial charge in [-0.3, -0.25) is 4.79 Å². The van der Waals surface area contributed by atoms with E-state index < -0.39 is 18.1 Å². The van der Waals surface area contributed by atoms with Gasteiger partial charge in [0.15, 0.2) is 0 Å². The number of carbonyl (C=O) groups is 2. The van der Waals surface area contributed by atoms with Gasteiger partial charge >= 0.3 is 5.97 Å². The highest BCUT2D eigenvalue weighted by atomic mass is 16.4. The average molecular weight is 291 g/mol. The van der Waals surface area contributed by atoms with Gasteiger partial charge in [0.2, 0.25) is 0 Å². The number of hydrogen-bond donors (Lipinski definition) is 2. The van der Waals surface area contributed by atoms with Gasteiger partial charge in [0.1, 0.15) is 6.04 Å². The molecular formula is C16H21NO4. The zero-order valence-electron chi connectivity index (χ0n) is 12.2. The Bertz CT molecular complexity index is 512. The van der Waals surface area contributed by atoms with E-state index in [-0.39, 0.29) is 18.9 Å². The first-order chi connectivity index (χ1) is 10.0. The van der Waals surface area contributed by atoms with Crippen molar-refractivity contribution in [2.75, 3.05) is 6.54 Å². The third kappa shape index (κ3) is 3.61. The summed E-state index contributed by atoms with van der Waals surface area (Å²) in [4.78, 5) is 24.8. The molecule has 0 unspecified atom stereocenters. The fourth-order valence-electron chi connectivity index (χ4n) is 2.63. The molecular weight excluding hydrogens is 270 g/mol. The van der Waals surface area contributed by atoms with Gasteiger partial charge in [-0.2, -0.15) is 0 Å². The standard InChI is InChI=1S/C16H21NO4/c1-2-3-4-11-5-7-12(8-6-11)15(19)17-10-13(18)9-14(17)16(20)21/h5-8,13-14,18H,2-4,9-10H2,1H3,(H,20,21)/t13-,14+/m1/s1. The van der Waals surface area contributed by atoms with Gasteiger partial charge in [0, 0.05) is 18.5 Å². The normalized spacial score (nSPS) is 21.5. The number of nitrogens with zero attached hydrogens (tertiary/aromatic N) is 1. The van der Waals surface area contributed by atoms with E-state index in [4.69, 9.17) is 5.11 Å². The minimum absolute atomic E-state index is 0.0768. The first kappa shape index (κ1) is 15.5. The zero-order valence-corrected chi connectivity index (χ0v) is 12.2. The third-order valence-corrected chi connectivity index (χ3v) is 3.84. The maximum absolute atomic E-state index is 12.4. The summed E-state index contributed by atoms with van der Waals surface area (Å²) in [5.41, 5.74) is 1.64. The van der Waals surface area contributed by atoms with Gasteiger partial charge in [-0.15, -0.1) is 0 Å². The van der Waals surface area contributed by atoms with Crippen LogP contribution >= 0.6 is 0 Å². The monoisotopic (exact) mass is 291 g/mol. The number of carbonyl (C=O) groups excluding carboxylic acids is 1. The number of aliphatic carboxylic acids is 1. The van der Waals surface area contributed by atoms with E-state index in [2.05, 4.69) is 6.92 Å². The predicted molar refractivity (Wildman–Crippen MR) is 78.1 cm³/mol. The van der Waals surface area contributed by atoms with Crippen LogP contribution in [0.5, 0.6) is 0 Å². The maximum atomic E-state index is 12.4. The van der Waals surface area contributed by atoms with Crippen LogP contribution in [0.15, 0.2) is 24.3 Å². The molecule has 1 amide bonds. The average Bonchev–Trinajstić information content (AvgIpc) is 2.87. The molecule has 1 saturated heterocycles. The molecule has 1 aliphatic rings. The van der Waals surface area contributed by atoms with Crippen LogP contribution in [0.2, 0.25) is 0 Å². The Morgan fingerprint density at radius 1 is 1.29 bits per heavy atom. The van der Waals surface area contributed by atoms with E-state index in [1.165, 1.54) is 10.5 Å². The van der Waals surface area contributed by atoms with Crippen molar-refractivity contribution in [3.8, 4) is 0 Å². The first-order valence-corrected chi connectivity index (χ1v) is 7.33. The number of benzene rings is 1. The Labute approximate surface area is 124 Å². The second-order valence-electron chi connectivity index (χ2n) is 5.50. The van der Waals surface area contributed by atoms with Gasteiger partial charge in [-0.1, -0.05) is 25.5 Å². The molecule has 5 heteroatoms. The molecule has 0 aliphatic carbocycles. The highest BCUT2D eigenvalue weighted by molar-refractivity contribution is 5.97. The van der Waals surface area contributed by atoms with Crippen LogP contribution < -0.4 is 0 Å². The van der Waals surface area contributed by atoms with Gasteiger partial charge in [0.25, 0.3) is 5.91 Å². The molecule has 1 fully saturated rings. The lowest BCUT2D eigenvalue weighted by Crippen LogP contribution is -2.40. The Hall–Kier alpha value is -1.88. The van der Waals surface area contributed by atoms with Crippen LogP contribution in [-0.2, 0) is 11.2 Å². The minimum atomic E-state index is -1.07. The van der Waals surface area contributed by atoms with Crippen molar-refractivity contribution >= 4 is 11.9 Å². The van der Waals surface area contributed by atoms with Crippen molar-refractivity contribution in [2.24, 2.45) is 0 Å². The molecule has 0 aromatic heterocycles. The van der Waals surface area contributed by atoms with Crippen LogP contribution in [-0.4, -0.2) is 45.7 Å². The number of carboxylic acids is 1. The van der Waals surface area contributed by atoms with E-state index in [1.807, 2.05) is 12.1 Å². The molecule has 1 aromatic carbocycles. The summed E-state index contributed by atoms with van der Waals surface area (Å²) in [5.74, 6) is -1.40. The number of hydrogen-bond acceptors (Lipinski definition) is 3. The lowest BCUT2D eigenvalue weighted by atomic mass is 10.1. The van der Waals surface area contributed by atoms with Crippen LogP contribution in [0.1, 0.15) is 42.1 Å². The topological polar surface area (TPSA) is 77.8 Å². The summed E-state index contributed by atoms with van der Waals surface area (Å²) in [6.45, 7) is 2.20. The minimum Gasteiger partial charge on any atom is -0.480 e. The molecule has 0 spiro atoms. The van der Waals surface area contributed by atoms with E-state index in [0.29, 0.717) is 5.56 Å². The van der Waals surface area contributed by atoms with Gasteiger partial charge in [0.05, 0.1) is 6.10 Å². The number of carboxylic acid groups (broad SMARTS) is 1. The van der Waals surface area contributed by atoms with Crippen molar-refractivity contribution in [2.45, 2.75) is 44.8 Å². The fourth-order valence-corrected chi connectivity index (χ4v) is 2.63. The molecule has 114 valence electrons. The number of aryl methyl sites for hydroxylation is 1. The highest BCUT2D eigenvalue weighted by Crippen LogP contribution is 2.21. The number of unbranched alkanes of at least 4 members (excludes halogenated alkanes) is 1. The number of aliphatic hydroxyl groups excluding tert-OH is 1. The van der Waals surface area contributed by atoms with Gasteiger partial charge in [-0.05, 0) is 30.5 Å². The molecule has 2 rings (SSSR count). The predicted octanol–water partition coefficient (Wildman–Crippen LogP) is 1.69. The number of likely N-dealkylation sites (tertiary alicyclic amines) is 1. The van der Waals surface area contributed by atoms with Crippen molar-refractivity contribution in [3.05, 3.63) is 35.4 Å². The van der Waals surface area contributed by atoms with Crippen molar-refractivity contribution in [1.29, 1.82) is 0 Å². The van der Waals surface area contributed by atoms with E-state index in [9.17, 15) is 14.7 Å². The number of β-amino-alcohol motifs (C(OH)–C–C–N with tert-alkyl or cyclic N) is 1. The molecule has 0 bridgehead atoms. The van der Waals surface area contributed by atoms with Crippen molar-refractivity contribution in [1.82, 2.24) is 4.90 Å². The van der Waals surface area contributed by atoms with Crippen molar-refractivity contribution in [3.63, 3.8) is 0 Å². The zero-order chi connectivity index (χ0) is 15.4. The molecule has 2 N–H and O–H groups in total. The largest absolute Gasteiger partial charge is 0.480 e. The van der Waals surface area contributed by atoms with Crippen LogP contribution in [0.25, 0.3) is 0 Å². The molecule has 2 atom stereocenters. The third-order valence-electron chi connectivity index (χ3n) is 3.84. The molecule has 0 radical (unpaired) electrons. The maximum Gasteiger partial charge on any atom is 0.326 e. The summed E-state index contributed by atoms with van der Waals surface area (Å²) in [5, 5.41) is 18.7. The summed E-state index contributed by atoms with van der Waals surface area (Å²) in [7, 11) is 0. The summed E-state index contributed by atoms with van der Waals surface area (Å²) in [6.07, 6.45) is 2.53. The molecule has 1 heterocycles. The van der Waals surface area contributed by atoms with E-state index >= 15 is 0 Å². The molecule has 1 aliphatic heterocycles. The Morgan fingerprint density at radius 3 is 2.52 bits per heavy atom. The molecule has 1 aromatic rings. The van der Waals surface area contributed by atoms with E-state index in [1.54, 1.807) is 12.1 Å². The molecule has 21 heavy (non-hydrogen) atoms. The second kappa shape index (κ2) is 6.72. The van der Waals surface area contributed by atoms with Gasteiger partial charge < -0.3 is 15.1 Å². The summed E-state index contributed by atoms with van der Waals surface area (Å²) >= 11 is 0. The number of aliphatic hydroxyl groups is 1. The number of rotatable bonds is 5. The lowest BCUT2D eigenvalue weighted by molar-refractivity contribution is -0.141. The number of amides is 1. The Morgan fingerprint density at radius 2 is 1.95 bits per heavy atom. The first-order valence-electron chi connectivity index (χ1n) is 7.33. The van der Waals surface area contributed by atoms with E-state index in [0.717, 1.165) is 19.3 Å². The fraction of sp³-hybridized carbons (Fsp3) is 0.500. The van der Waals surface area contributed by atoms with Crippen LogP contribution in [0.4, 0.5) is 0 Å². The highest BCUT2D eigenvalue weighted by Gasteiger charge is 2.39. The quantitative estimate of drug-likeness (QED) is 0.865. The van der Waals surface area contributed by atoms with Crippen molar-refractivity contribution < 1.29 is 19.8 Å². The SMILES string of the molecule is CCCCc1ccc(C(=O)N2C[C@H](O)C[C@H]2C(=O)O)cc1. The van der Waals surface area contributed by atoms with Crippen LogP contribution in [0, 0.1) is 0 Å². The Kier molecular flexibility index (Phi) is 4.96. The lowest BCUT2D eigenvalue weighted by Gasteiger charge is -2.21. The Balaban J connectivity index is 2.10. The smallest absolute Gasteiger partial charge is 0.326 e. The van der Waals surface area contributed by atoms with Gasteiger partial charge in [-0.25, -0.2) is 4.79 Å². The summed E-state index contributed by atoms with van der Waals surface area (Å²) in [6, 6.07) is 6.34. The molecule has 0 saturated carbocycles. The van der Waals surface area contributed by atoms with Crippen LogP contribution in [0.3, 0.4) is 0 Å². The summed E-state index contributed by atoms with van der Waals surface area (Å²) < 4.78 is 0. The molecule has 5 nitrogen and oxygen atoms in total.